The van der Waals surface area contributed by atoms with Gasteiger partial charge < -0.3 is 15.0 Å². The van der Waals surface area contributed by atoms with Crippen LogP contribution in [0.5, 0.6) is 5.75 Å². The number of aryl methyl sites for hydroxylation is 1. The third kappa shape index (κ3) is 2.50. The van der Waals surface area contributed by atoms with E-state index < -0.39 is 0 Å². The number of fused-ring (bicyclic) bond motifs is 3. The molecule has 4 nitrogen and oxygen atoms in total. The number of benzene rings is 1. The zero-order chi connectivity index (χ0) is 15.0. The lowest BCUT2D eigenvalue weighted by atomic mass is 9.91. The summed E-state index contributed by atoms with van der Waals surface area (Å²) in [7, 11) is 1.69. The lowest BCUT2D eigenvalue weighted by Crippen LogP contribution is -2.33. The number of aromatic nitrogens is 1. The number of amides is 1. The Balaban J connectivity index is 2.00. The third-order valence-electron chi connectivity index (χ3n) is 4.26. The molecule has 1 heterocycles. The zero-order valence-corrected chi connectivity index (χ0v) is 12.8. The van der Waals surface area contributed by atoms with Gasteiger partial charge in [-0.1, -0.05) is 13.8 Å². The van der Waals surface area contributed by atoms with Gasteiger partial charge in [-0.25, -0.2) is 0 Å². The molecule has 1 aliphatic rings. The lowest BCUT2D eigenvalue weighted by Gasteiger charge is -2.24. The summed E-state index contributed by atoms with van der Waals surface area (Å²) in [4.78, 5) is 15.5. The van der Waals surface area contributed by atoms with Gasteiger partial charge in [0.2, 0.25) is 5.91 Å². The minimum Gasteiger partial charge on any atom is -0.497 e. The minimum absolute atomic E-state index is 0.0137. The number of ether oxygens (including phenoxy) is 1. The highest BCUT2D eigenvalue weighted by atomic mass is 16.5. The van der Waals surface area contributed by atoms with Crippen molar-refractivity contribution in [1.29, 1.82) is 0 Å². The second-order valence-corrected chi connectivity index (χ2v) is 6.04. The lowest BCUT2D eigenvalue weighted by molar-refractivity contribution is -0.124. The molecule has 0 saturated heterocycles. The highest BCUT2D eigenvalue weighted by Gasteiger charge is 2.26. The molecule has 1 atom stereocenters. The SMILES string of the molecule is COc1ccc2[nH]c3c(c2c1)CCC[C@H]3NC(=O)C(C)C. The molecule has 1 aromatic carbocycles. The van der Waals surface area contributed by atoms with Gasteiger partial charge in [-0.15, -0.1) is 0 Å². The second kappa shape index (κ2) is 5.43. The van der Waals surface area contributed by atoms with E-state index in [4.69, 9.17) is 4.74 Å². The van der Waals surface area contributed by atoms with E-state index in [2.05, 4.69) is 16.4 Å². The summed E-state index contributed by atoms with van der Waals surface area (Å²) in [6.07, 6.45) is 3.15. The van der Waals surface area contributed by atoms with Crippen molar-refractivity contribution in [2.24, 2.45) is 5.92 Å². The molecule has 112 valence electrons. The summed E-state index contributed by atoms with van der Waals surface area (Å²) < 4.78 is 5.32. The minimum atomic E-state index is 0.0137. The maximum absolute atomic E-state index is 12.0. The fourth-order valence-electron chi connectivity index (χ4n) is 3.05. The number of aromatic amines is 1. The summed E-state index contributed by atoms with van der Waals surface area (Å²) in [5, 5.41) is 4.38. The number of H-pyrrole nitrogens is 1. The van der Waals surface area contributed by atoms with Crippen molar-refractivity contribution in [2.75, 3.05) is 7.11 Å². The predicted octanol–water partition coefficient (Wildman–Crippen LogP) is 3.33. The second-order valence-electron chi connectivity index (χ2n) is 6.04. The molecule has 0 spiro atoms. The van der Waals surface area contributed by atoms with E-state index in [1.807, 2.05) is 26.0 Å². The molecule has 1 aliphatic carbocycles. The average Bonchev–Trinajstić information content (AvgIpc) is 2.86. The molecule has 0 aliphatic heterocycles. The van der Waals surface area contributed by atoms with E-state index in [1.165, 1.54) is 16.6 Å². The molecular weight excluding hydrogens is 264 g/mol. The van der Waals surface area contributed by atoms with Crippen LogP contribution in [0.2, 0.25) is 0 Å². The fourth-order valence-corrected chi connectivity index (χ4v) is 3.05. The van der Waals surface area contributed by atoms with Crippen molar-refractivity contribution >= 4 is 16.8 Å². The van der Waals surface area contributed by atoms with Gasteiger partial charge in [0.1, 0.15) is 5.75 Å². The van der Waals surface area contributed by atoms with Gasteiger partial charge in [0.05, 0.1) is 13.2 Å². The van der Waals surface area contributed by atoms with Gasteiger partial charge in [0.25, 0.3) is 0 Å². The molecule has 21 heavy (non-hydrogen) atoms. The first-order valence-corrected chi connectivity index (χ1v) is 7.59. The normalized spacial score (nSPS) is 17.8. The Morgan fingerprint density at radius 2 is 2.24 bits per heavy atom. The largest absolute Gasteiger partial charge is 0.497 e. The van der Waals surface area contributed by atoms with Crippen LogP contribution in [0.15, 0.2) is 18.2 Å². The van der Waals surface area contributed by atoms with Gasteiger partial charge in [-0.2, -0.15) is 0 Å². The molecule has 4 heteroatoms. The van der Waals surface area contributed by atoms with Crippen LogP contribution >= 0.6 is 0 Å². The number of rotatable bonds is 3. The number of nitrogens with one attached hydrogen (secondary N) is 2. The van der Waals surface area contributed by atoms with Crippen molar-refractivity contribution in [1.82, 2.24) is 10.3 Å². The molecule has 0 radical (unpaired) electrons. The molecule has 1 aromatic heterocycles. The molecule has 2 N–H and O–H groups in total. The topological polar surface area (TPSA) is 54.1 Å². The number of methoxy groups -OCH3 is 1. The van der Waals surface area contributed by atoms with Crippen LogP contribution in [0.4, 0.5) is 0 Å². The van der Waals surface area contributed by atoms with E-state index in [-0.39, 0.29) is 17.9 Å². The summed E-state index contributed by atoms with van der Waals surface area (Å²) >= 11 is 0. The molecule has 0 fully saturated rings. The predicted molar refractivity (Wildman–Crippen MR) is 83.5 cm³/mol. The van der Waals surface area contributed by atoms with E-state index in [0.717, 1.165) is 30.5 Å². The quantitative estimate of drug-likeness (QED) is 0.909. The molecule has 2 aromatic rings. The summed E-state index contributed by atoms with van der Waals surface area (Å²) in [5.74, 6) is 1.00. The van der Waals surface area contributed by atoms with E-state index in [1.54, 1.807) is 7.11 Å². The molecule has 1 amide bonds. The molecule has 3 rings (SSSR count). The molecule has 0 bridgehead atoms. The Hall–Kier alpha value is -1.97. The summed E-state index contributed by atoms with van der Waals surface area (Å²) in [6, 6.07) is 6.19. The Morgan fingerprint density at radius 1 is 1.43 bits per heavy atom. The van der Waals surface area contributed by atoms with E-state index in [0.29, 0.717) is 0 Å². The maximum atomic E-state index is 12.0. The zero-order valence-electron chi connectivity index (χ0n) is 12.8. The maximum Gasteiger partial charge on any atom is 0.223 e. The molecule has 0 unspecified atom stereocenters. The van der Waals surface area contributed by atoms with Crippen LogP contribution in [0.3, 0.4) is 0 Å². The number of hydrogen-bond acceptors (Lipinski definition) is 2. The number of carbonyl (C=O) groups is 1. The first kappa shape index (κ1) is 14.0. The highest BCUT2D eigenvalue weighted by Crippen LogP contribution is 2.36. The van der Waals surface area contributed by atoms with Gasteiger partial charge in [-0.05, 0) is 43.0 Å². The van der Waals surface area contributed by atoms with Gasteiger partial charge in [0, 0.05) is 22.5 Å². The Labute approximate surface area is 124 Å². The van der Waals surface area contributed by atoms with Crippen LogP contribution < -0.4 is 10.1 Å². The van der Waals surface area contributed by atoms with Gasteiger partial charge in [0.15, 0.2) is 0 Å². The average molecular weight is 286 g/mol. The first-order valence-electron chi connectivity index (χ1n) is 7.59. The summed E-state index contributed by atoms with van der Waals surface area (Å²) in [5.41, 5.74) is 3.61. The monoisotopic (exact) mass is 286 g/mol. The highest BCUT2D eigenvalue weighted by molar-refractivity contribution is 5.87. The van der Waals surface area contributed by atoms with Crippen LogP contribution in [-0.4, -0.2) is 18.0 Å². The van der Waals surface area contributed by atoms with Crippen molar-refractivity contribution in [3.63, 3.8) is 0 Å². The van der Waals surface area contributed by atoms with Crippen molar-refractivity contribution in [2.45, 2.75) is 39.2 Å². The van der Waals surface area contributed by atoms with Crippen molar-refractivity contribution in [3.05, 3.63) is 29.5 Å². The fraction of sp³-hybridized carbons (Fsp3) is 0.471. The third-order valence-corrected chi connectivity index (χ3v) is 4.26. The number of hydrogen-bond donors (Lipinski definition) is 2. The van der Waals surface area contributed by atoms with E-state index in [9.17, 15) is 4.79 Å². The van der Waals surface area contributed by atoms with E-state index >= 15 is 0 Å². The Kier molecular flexibility index (Phi) is 3.62. The van der Waals surface area contributed by atoms with Crippen molar-refractivity contribution in [3.8, 4) is 5.75 Å². The smallest absolute Gasteiger partial charge is 0.223 e. The van der Waals surface area contributed by atoms with Crippen LogP contribution in [0, 0.1) is 5.92 Å². The number of carbonyl (C=O) groups excluding carboxylic acids is 1. The van der Waals surface area contributed by atoms with Crippen LogP contribution in [-0.2, 0) is 11.2 Å². The Morgan fingerprint density at radius 3 is 2.95 bits per heavy atom. The van der Waals surface area contributed by atoms with Gasteiger partial charge in [-0.3, -0.25) is 4.79 Å². The Bertz CT molecular complexity index is 673. The molecule has 0 saturated carbocycles. The summed E-state index contributed by atoms with van der Waals surface area (Å²) in [6.45, 7) is 3.85. The first-order chi connectivity index (χ1) is 10.1. The van der Waals surface area contributed by atoms with Crippen LogP contribution in [0.1, 0.15) is 44.0 Å². The van der Waals surface area contributed by atoms with Gasteiger partial charge >= 0.3 is 0 Å². The van der Waals surface area contributed by atoms with Crippen molar-refractivity contribution < 1.29 is 9.53 Å². The van der Waals surface area contributed by atoms with Crippen LogP contribution in [0.25, 0.3) is 10.9 Å². The molecular formula is C17H22N2O2. The standard InChI is InChI=1S/C17H22N2O2/c1-10(2)17(20)19-15-6-4-5-12-13-9-11(21-3)7-8-14(13)18-16(12)15/h7-10,15,18H,4-6H2,1-3H3,(H,19,20)/t15-/m1/s1.